The van der Waals surface area contributed by atoms with E-state index in [1.165, 1.54) is 27.8 Å². The molecule has 7 aromatic carbocycles. The summed E-state index contributed by atoms with van der Waals surface area (Å²) in [5, 5.41) is 16.2. The molecule has 6 heteroatoms. The molecule has 9 N–H and O–H groups in total. The van der Waals surface area contributed by atoms with Gasteiger partial charge in [-0.2, -0.15) is 0 Å². The molecule has 0 saturated heterocycles. The van der Waals surface area contributed by atoms with Gasteiger partial charge in [-0.05, 0) is 42.7 Å². The second-order valence-electron chi connectivity index (χ2n) is 12.6. The standard InChI is InChI=1S/C19H17N3.C14H14.C7H8N2.C7H9N/c20-17-14-9-4-5-10-15(14)18-16(11-6-12-21-18)19(17)22-13-7-2-1-3-8-13;1-11-3-7-13(8-4-11)14-9-5-12(2)6-10-14;8-7(9)6-4-2-1-3-5-6;8-6-7-4-2-1-3-5-7/h1-11,21-22H,12,20H2;3-10H,1-2H3;1-5H,(H3,8,9);1-5H,6,8H2. The smallest absolute Gasteiger partial charge is 0.122 e. The van der Waals surface area contributed by atoms with Gasteiger partial charge >= 0.3 is 0 Å². The Morgan fingerprint density at radius 2 is 1.13 bits per heavy atom. The molecule has 0 spiro atoms. The maximum atomic E-state index is 7.01. The van der Waals surface area contributed by atoms with E-state index in [4.69, 9.17) is 22.6 Å². The zero-order valence-electron chi connectivity index (χ0n) is 30.4. The van der Waals surface area contributed by atoms with E-state index in [1.807, 2.05) is 103 Å². The van der Waals surface area contributed by atoms with Crippen LogP contribution in [-0.4, -0.2) is 12.4 Å². The molecule has 1 aliphatic heterocycles. The molecule has 0 atom stereocenters. The number of fused-ring (bicyclic) bond motifs is 3. The molecule has 0 radical (unpaired) electrons. The summed E-state index contributed by atoms with van der Waals surface area (Å²) < 4.78 is 0. The highest BCUT2D eigenvalue weighted by Gasteiger charge is 2.17. The molecule has 0 unspecified atom stereocenters. The monoisotopic (exact) mass is 696 g/mol. The first-order valence-corrected chi connectivity index (χ1v) is 17.7. The zero-order chi connectivity index (χ0) is 37.4. The van der Waals surface area contributed by atoms with Crippen LogP contribution in [0.2, 0.25) is 0 Å². The molecule has 0 bridgehead atoms. The summed E-state index contributed by atoms with van der Waals surface area (Å²) in [5.41, 5.74) is 29.2. The second-order valence-corrected chi connectivity index (χ2v) is 12.6. The van der Waals surface area contributed by atoms with E-state index in [-0.39, 0.29) is 5.84 Å². The van der Waals surface area contributed by atoms with Crippen molar-refractivity contribution in [2.75, 3.05) is 22.9 Å². The Morgan fingerprint density at radius 3 is 1.62 bits per heavy atom. The molecular formula is C47H48N6. The van der Waals surface area contributed by atoms with Gasteiger partial charge in [0.2, 0.25) is 0 Å². The fraction of sp³-hybridized carbons (Fsp3) is 0.0851. The number of hydrogen-bond donors (Lipinski definition) is 6. The van der Waals surface area contributed by atoms with Crippen molar-refractivity contribution in [1.82, 2.24) is 0 Å². The highest BCUT2D eigenvalue weighted by molar-refractivity contribution is 6.12. The fourth-order valence-electron chi connectivity index (χ4n) is 5.71. The largest absolute Gasteiger partial charge is 0.397 e. The van der Waals surface area contributed by atoms with Gasteiger partial charge < -0.3 is 27.8 Å². The Labute approximate surface area is 313 Å². The van der Waals surface area contributed by atoms with Gasteiger partial charge in [0.05, 0.1) is 17.1 Å². The van der Waals surface area contributed by atoms with E-state index in [1.54, 1.807) is 0 Å². The van der Waals surface area contributed by atoms with Crippen LogP contribution in [0, 0.1) is 19.3 Å². The molecule has 8 rings (SSSR count). The van der Waals surface area contributed by atoms with Crippen molar-refractivity contribution in [3.8, 4) is 11.1 Å². The zero-order valence-corrected chi connectivity index (χ0v) is 30.4. The van der Waals surface area contributed by atoms with Crippen molar-refractivity contribution in [3.63, 3.8) is 0 Å². The van der Waals surface area contributed by atoms with Crippen LogP contribution in [0.15, 0.2) is 170 Å². The number of hydrogen-bond acceptors (Lipinski definition) is 5. The normalized spacial score (nSPS) is 10.8. The summed E-state index contributed by atoms with van der Waals surface area (Å²) in [6.45, 7) is 5.70. The lowest BCUT2D eigenvalue weighted by Crippen LogP contribution is -2.10. The summed E-state index contributed by atoms with van der Waals surface area (Å²) in [4.78, 5) is 0. The molecule has 266 valence electrons. The lowest BCUT2D eigenvalue weighted by molar-refractivity contribution is 1.07. The van der Waals surface area contributed by atoms with Crippen molar-refractivity contribution in [1.29, 1.82) is 5.41 Å². The second kappa shape index (κ2) is 19.1. The van der Waals surface area contributed by atoms with Gasteiger partial charge in [0.25, 0.3) is 0 Å². The molecule has 0 saturated carbocycles. The minimum absolute atomic E-state index is 0.121. The minimum Gasteiger partial charge on any atom is -0.397 e. The van der Waals surface area contributed by atoms with Gasteiger partial charge in [-0.3, -0.25) is 5.41 Å². The number of anilines is 4. The van der Waals surface area contributed by atoms with Gasteiger partial charge in [-0.25, -0.2) is 0 Å². The first kappa shape index (κ1) is 37.6. The molecule has 1 heterocycles. The molecule has 0 aromatic heterocycles. The SMILES string of the molecule is Cc1ccc(-c2ccc(C)cc2)cc1.N=C(N)c1ccccc1.NCc1ccccc1.Nc1c(Nc2ccccc2)c2c(c3ccccc13)NCC=C2. The summed E-state index contributed by atoms with van der Waals surface area (Å²) in [7, 11) is 0. The number of nitrogen functional groups attached to an aromatic ring is 2. The van der Waals surface area contributed by atoms with E-state index in [9.17, 15) is 0 Å². The van der Waals surface area contributed by atoms with Gasteiger partial charge in [0, 0.05) is 40.7 Å². The van der Waals surface area contributed by atoms with E-state index < -0.39 is 0 Å². The van der Waals surface area contributed by atoms with Crippen molar-refractivity contribution >= 4 is 45.4 Å². The summed E-state index contributed by atoms with van der Waals surface area (Å²) in [5.74, 6) is 0.121. The number of benzene rings is 7. The predicted molar refractivity (Wildman–Crippen MR) is 229 cm³/mol. The average Bonchev–Trinajstić information content (AvgIpc) is 3.22. The maximum absolute atomic E-state index is 7.01. The third-order valence-corrected chi connectivity index (χ3v) is 8.62. The Hall–Kier alpha value is -6.63. The number of rotatable bonds is 5. The highest BCUT2D eigenvalue weighted by Crippen LogP contribution is 2.42. The Kier molecular flexibility index (Phi) is 13.6. The van der Waals surface area contributed by atoms with Gasteiger partial charge in [0.15, 0.2) is 0 Å². The van der Waals surface area contributed by atoms with Crippen molar-refractivity contribution < 1.29 is 0 Å². The molecule has 6 nitrogen and oxygen atoms in total. The molecule has 0 fully saturated rings. The Bertz CT molecular complexity index is 2170. The lowest BCUT2D eigenvalue weighted by atomic mass is 9.97. The van der Waals surface area contributed by atoms with Crippen LogP contribution >= 0.6 is 0 Å². The summed E-state index contributed by atoms with van der Waals surface area (Å²) >= 11 is 0. The number of aryl methyl sites for hydroxylation is 2. The number of nitrogens with one attached hydrogen (secondary N) is 3. The van der Waals surface area contributed by atoms with E-state index in [0.717, 1.165) is 51.2 Å². The Morgan fingerprint density at radius 1 is 0.642 bits per heavy atom. The van der Waals surface area contributed by atoms with Crippen LogP contribution < -0.4 is 27.8 Å². The first-order valence-electron chi connectivity index (χ1n) is 17.7. The van der Waals surface area contributed by atoms with Gasteiger partial charge in [0.1, 0.15) is 5.84 Å². The van der Waals surface area contributed by atoms with Crippen LogP contribution in [0.25, 0.3) is 28.0 Å². The third kappa shape index (κ3) is 10.7. The lowest BCUT2D eigenvalue weighted by Gasteiger charge is -2.22. The van der Waals surface area contributed by atoms with Crippen LogP contribution in [0.5, 0.6) is 0 Å². The van der Waals surface area contributed by atoms with Crippen LogP contribution in [0.4, 0.5) is 22.7 Å². The molecule has 0 amide bonds. The number of nitrogens with two attached hydrogens (primary N) is 3. The van der Waals surface area contributed by atoms with Gasteiger partial charge in [-0.1, -0.05) is 175 Å². The molecular weight excluding hydrogens is 649 g/mol. The van der Waals surface area contributed by atoms with Crippen molar-refractivity contribution in [2.24, 2.45) is 11.5 Å². The quantitative estimate of drug-likeness (QED) is 0.0462. The molecule has 0 aliphatic carbocycles. The number of para-hydroxylation sites is 1. The first-order chi connectivity index (χ1) is 25.8. The molecule has 1 aliphatic rings. The van der Waals surface area contributed by atoms with Crippen LogP contribution in [0.1, 0.15) is 27.8 Å². The molecule has 7 aromatic rings. The highest BCUT2D eigenvalue weighted by atomic mass is 14.9. The third-order valence-electron chi connectivity index (χ3n) is 8.62. The predicted octanol–water partition coefficient (Wildman–Crippen LogP) is 10.7. The average molecular weight is 697 g/mol. The van der Waals surface area contributed by atoms with E-state index >= 15 is 0 Å². The summed E-state index contributed by atoms with van der Waals surface area (Å²) in [6.07, 6.45) is 4.26. The van der Waals surface area contributed by atoms with Crippen molar-refractivity contribution in [2.45, 2.75) is 20.4 Å². The fourth-order valence-corrected chi connectivity index (χ4v) is 5.71. The van der Waals surface area contributed by atoms with Crippen LogP contribution in [-0.2, 0) is 6.54 Å². The summed E-state index contributed by atoms with van der Waals surface area (Å²) in [6, 6.07) is 54.9. The minimum atomic E-state index is 0.121. The number of amidine groups is 1. The van der Waals surface area contributed by atoms with Crippen LogP contribution in [0.3, 0.4) is 0 Å². The van der Waals surface area contributed by atoms with E-state index in [0.29, 0.717) is 6.54 Å². The van der Waals surface area contributed by atoms with Crippen molar-refractivity contribution in [3.05, 3.63) is 198 Å². The van der Waals surface area contributed by atoms with Gasteiger partial charge in [-0.15, -0.1) is 0 Å². The topological polar surface area (TPSA) is 126 Å². The molecule has 53 heavy (non-hydrogen) atoms. The van der Waals surface area contributed by atoms with E-state index in [2.05, 4.69) is 97.3 Å². The maximum Gasteiger partial charge on any atom is 0.122 e. The Balaban J connectivity index is 0.000000149.